The smallest absolute Gasteiger partial charge is 0.408 e. The van der Waals surface area contributed by atoms with Crippen LogP contribution in [0.1, 0.15) is 26.3 Å². The molecule has 0 radical (unpaired) electrons. The Morgan fingerprint density at radius 1 is 1.41 bits per heavy atom. The van der Waals surface area contributed by atoms with Crippen LogP contribution in [0.4, 0.5) is 4.79 Å². The van der Waals surface area contributed by atoms with Gasteiger partial charge in [0.1, 0.15) is 0 Å². The maximum atomic E-state index is 11.9. The predicted molar refractivity (Wildman–Crippen MR) is 88.6 cm³/mol. The summed E-state index contributed by atoms with van der Waals surface area (Å²) in [5.41, 5.74) is 1.54. The van der Waals surface area contributed by atoms with Gasteiger partial charge >= 0.3 is 6.09 Å². The lowest BCUT2D eigenvalue weighted by atomic mass is 10.0. The van der Waals surface area contributed by atoms with Gasteiger partial charge in [-0.25, -0.2) is 4.79 Å². The number of carbonyl (C=O) groups excluding carboxylic acids is 1. The minimum atomic E-state index is -0.873. The van der Waals surface area contributed by atoms with Gasteiger partial charge in [0.2, 0.25) is 0 Å². The predicted octanol–water partition coefficient (Wildman–Crippen LogP) is 3.75. The van der Waals surface area contributed by atoms with Gasteiger partial charge < -0.3 is 15.2 Å². The number of amides is 1. The van der Waals surface area contributed by atoms with Crippen LogP contribution in [0.25, 0.3) is 0 Å². The van der Waals surface area contributed by atoms with E-state index in [1.165, 1.54) is 0 Å². The summed E-state index contributed by atoms with van der Waals surface area (Å²) in [4.78, 5) is 11.9. The molecule has 5 heteroatoms. The average Bonchev–Trinajstić information content (AvgIpc) is 2.49. The summed E-state index contributed by atoms with van der Waals surface area (Å²) in [6, 6.07) is 9.50. The van der Waals surface area contributed by atoms with Gasteiger partial charge in [0.25, 0.3) is 0 Å². The van der Waals surface area contributed by atoms with Crippen LogP contribution in [-0.4, -0.2) is 23.4 Å². The molecule has 0 fully saturated rings. The van der Waals surface area contributed by atoms with E-state index in [-0.39, 0.29) is 0 Å². The van der Waals surface area contributed by atoms with E-state index < -0.39 is 18.3 Å². The summed E-state index contributed by atoms with van der Waals surface area (Å²) in [6.45, 7) is 5.43. The van der Waals surface area contributed by atoms with E-state index in [0.29, 0.717) is 17.2 Å². The molecule has 0 aromatic heterocycles. The minimum Gasteiger partial charge on any atom is -0.439 e. The SMILES string of the molecule is CC=CC(=C(C)Cl)C(OC(=O)NCc1ccccc1)C(C)O. The summed E-state index contributed by atoms with van der Waals surface area (Å²) in [5, 5.41) is 13.0. The molecule has 22 heavy (non-hydrogen) atoms. The van der Waals surface area contributed by atoms with Gasteiger partial charge in [-0.15, -0.1) is 0 Å². The van der Waals surface area contributed by atoms with Gasteiger partial charge in [-0.2, -0.15) is 0 Å². The highest BCUT2D eigenvalue weighted by Crippen LogP contribution is 2.20. The van der Waals surface area contributed by atoms with E-state index in [2.05, 4.69) is 5.32 Å². The second-order valence-corrected chi connectivity index (χ2v) is 5.46. The van der Waals surface area contributed by atoms with Crippen LogP contribution in [0.2, 0.25) is 0 Å². The first kappa shape index (κ1) is 18.3. The number of aliphatic hydroxyl groups excluding tert-OH is 1. The summed E-state index contributed by atoms with van der Waals surface area (Å²) >= 11 is 6.02. The zero-order valence-electron chi connectivity index (χ0n) is 13.0. The molecule has 1 aromatic carbocycles. The molecule has 4 nitrogen and oxygen atoms in total. The fraction of sp³-hybridized carbons (Fsp3) is 0.353. The largest absolute Gasteiger partial charge is 0.439 e. The maximum absolute atomic E-state index is 11.9. The van der Waals surface area contributed by atoms with Gasteiger partial charge in [-0.05, 0) is 26.3 Å². The van der Waals surface area contributed by atoms with Crippen molar-refractivity contribution in [1.82, 2.24) is 5.32 Å². The van der Waals surface area contributed by atoms with Gasteiger partial charge in [-0.3, -0.25) is 0 Å². The molecule has 0 saturated heterocycles. The average molecular weight is 324 g/mol. The van der Waals surface area contributed by atoms with E-state index in [1.54, 1.807) is 26.0 Å². The lowest BCUT2D eigenvalue weighted by Crippen LogP contribution is -2.35. The quantitative estimate of drug-likeness (QED) is 0.784. The number of hydrogen-bond acceptors (Lipinski definition) is 3. The summed E-state index contributed by atoms with van der Waals surface area (Å²) in [5.74, 6) is 0. The van der Waals surface area contributed by atoms with Crippen LogP contribution in [0, 0.1) is 0 Å². The maximum Gasteiger partial charge on any atom is 0.408 e. The van der Waals surface area contributed by atoms with Crippen molar-refractivity contribution in [3.8, 4) is 0 Å². The molecule has 2 atom stereocenters. The van der Waals surface area contributed by atoms with E-state index in [4.69, 9.17) is 16.3 Å². The Labute approximate surface area is 136 Å². The van der Waals surface area contributed by atoms with Gasteiger partial charge in [0.05, 0.1) is 6.10 Å². The summed E-state index contributed by atoms with van der Waals surface area (Å²) in [7, 11) is 0. The Kier molecular flexibility index (Phi) is 7.71. The third-order valence-corrected chi connectivity index (χ3v) is 3.22. The van der Waals surface area contributed by atoms with Crippen molar-refractivity contribution < 1.29 is 14.6 Å². The third kappa shape index (κ3) is 5.92. The van der Waals surface area contributed by atoms with Crippen molar-refractivity contribution in [3.05, 3.63) is 58.7 Å². The van der Waals surface area contributed by atoms with E-state index in [0.717, 1.165) is 5.56 Å². The number of aliphatic hydroxyl groups is 1. The van der Waals surface area contributed by atoms with Crippen LogP contribution in [0.15, 0.2) is 53.1 Å². The molecular weight excluding hydrogens is 302 g/mol. The van der Waals surface area contributed by atoms with Crippen molar-refractivity contribution in [3.63, 3.8) is 0 Å². The first-order valence-corrected chi connectivity index (χ1v) is 7.49. The Morgan fingerprint density at radius 3 is 2.55 bits per heavy atom. The number of halogens is 1. The molecule has 1 amide bonds. The van der Waals surface area contributed by atoms with E-state index in [9.17, 15) is 9.90 Å². The normalized spacial score (nSPS) is 15.1. The fourth-order valence-electron chi connectivity index (χ4n) is 1.93. The second-order valence-electron chi connectivity index (χ2n) is 4.89. The van der Waals surface area contributed by atoms with Crippen molar-refractivity contribution in [1.29, 1.82) is 0 Å². The minimum absolute atomic E-state index is 0.356. The fourth-order valence-corrected chi connectivity index (χ4v) is 2.10. The lowest BCUT2D eigenvalue weighted by Gasteiger charge is -2.22. The molecule has 1 aromatic rings. The first-order valence-electron chi connectivity index (χ1n) is 7.11. The summed E-state index contributed by atoms with van der Waals surface area (Å²) < 4.78 is 5.32. The van der Waals surface area contributed by atoms with E-state index in [1.807, 2.05) is 37.3 Å². The number of carbonyl (C=O) groups is 1. The van der Waals surface area contributed by atoms with E-state index >= 15 is 0 Å². The highest BCUT2D eigenvalue weighted by Gasteiger charge is 2.24. The molecule has 0 aliphatic rings. The van der Waals surface area contributed by atoms with Crippen molar-refractivity contribution in [2.24, 2.45) is 0 Å². The molecular formula is C17H22ClNO3. The van der Waals surface area contributed by atoms with Crippen LogP contribution < -0.4 is 5.32 Å². The number of ether oxygens (including phenoxy) is 1. The zero-order chi connectivity index (χ0) is 16.5. The Morgan fingerprint density at radius 2 is 2.05 bits per heavy atom. The third-order valence-electron chi connectivity index (χ3n) is 3.00. The second kappa shape index (κ2) is 9.28. The van der Waals surface area contributed by atoms with Crippen LogP contribution >= 0.6 is 11.6 Å². The van der Waals surface area contributed by atoms with Gasteiger partial charge in [0.15, 0.2) is 6.10 Å². The number of alkyl carbamates (subject to hydrolysis) is 1. The molecule has 2 unspecified atom stereocenters. The highest BCUT2D eigenvalue weighted by atomic mass is 35.5. The zero-order valence-corrected chi connectivity index (χ0v) is 13.8. The molecule has 2 N–H and O–H groups in total. The lowest BCUT2D eigenvalue weighted by molar-refractivity contribution is 0.0330. The first-order chi connectivity index (χ1) is 10.5. The number of nitrogens with one attached hydrogen (secondary N) is 1. The Balaban J connectivity index is 2.71. The molecule has 0 heterocycles. The number of hydrogen-bond donors (Lipinski definition) is 2. The number of allylic oxidation sites excluding steroid dienone is 2. The Bertz CT molecular complexity index is 534. The van der Waals surface area contributed by atoms with Crippen LogP contribution in [-0.2, 0) is 11.3 Å². The number of benzene rings is 1. The molecule has 1 rings (SSSR count). The molecule has 120 valence electrons. The van der Waals surface area contributed by atoms with Crippen molar-refractivity contribution in [2.75, 3.05) is 0 Å². The molecule has 0 saturated carbocycles. The summed E-state index contributed by atoms with van der Waals surface area (Å²) in [6.07, 6.45) is 1.22. The topological polar surface area (TPSA) is 58.6 Å². The van der Waals surface area contributed by atoms with Gasteiger partial charge in [-0.1, -0.05) is 54.1 Å². The Hall–Kier alpha value is -1.78. The standard InChI is InChI=1S/C17H22ClNO3/c1-4-8-15(12(2)18)16(13(3)20)22-17(21)19-11-14-9-6-5-7-10-14/h4-10,13,16,20H,11H2,1-3H3,(H,19,21). The van der Waals surface area contributed by atoms with Crippen molar-refractivity contribution in [2.45, 2.75) is 39.5 Å². The van der Waals surface area contributed by atoms with Crippen molar-refractivity contribution >= 4 is 17.7 Å². The molecule has 0 aliphatic heterocycles. The van der Waals surface area contributed by atoms with Crippen LogP contribution in [0.5, 0.6) is 0 Å². The molecule has 0 aliphatic carbocycles. The monoisotopic (exact) mass is 323 g/mol. The number of rotatable bonds is 6. The van der Waals surface area contributed by atoms with Gasteiger partial charge in [0, 0.05) is 17.2 Å². The molecule has 0 spiro atoms. The highest BCUT2D eigenvalue weighted by molar-refractivity contribution is 6.29. The van der Waals surface area contributed by atoms with Crippen LogP contribution in [0.3, 0.4) is 0 Å². The molecule has 0 bridgehead atoms.